The Labute approximate surface area is 338 Å². The number of aliphatic carboxylic acids is 1. The summed E-state index contributed by atoms with van der Waals surface area (Å²) in [5.41, 5.74) is 1.89. The molecule has 7 rings (SSSR count). The number of nitrogens with zero attached hydrogens (tertiary/aromatic N) is 2. The fraction of sp³-hybridized carbons (Fsp3) is 0.295. The smallest absolute Gasteiger partial charge is 0.408 e. The van der Waals surface area contributed by atoms with Crippen LogP contribution < -0.4 is 21.5 Å². The van der Waals surface area contributed by atoms with Crippen LogP contribution >= 0.6 is 0 Å². The number of hydrogen-bond acceptors (Lipinski definition) is 10. The molecule has 5 N–H and O–H groups in total. The first-order valence-electron chi connectivity index (χ1n) is 19.0. The number of allylic oxidation sites excluding steroid dienone is 3. The summed E-state index contributed by atoms with van der Waals surface area (Å²) in [5, 5.41) is 20.8. The number of carboxylic acid groups (broad SMARTS) is 1. The first-order chi connectivity index (χ1) is 28.5. The highest BCUT2D eigenvalue weighted by atomic mass is 16.6. The van der Waals surface area contributed by atoms with E-state index in [1.54, 1.807) is 31.2 Å². The van der Waals surface area contributed by atoms with E-state index in [0.717, 1.165) is 22.0 Å². The summed E-state index contributed by atoms with van der Waals surface area (Å²) in [6, 6.07) is 13.6. The molecule has 0 spiro atoms. The maximum Gasteiger partial charge on any atom is 0.408 e. The van der Waals surface area contributed by atoms with Crippen LogP contribution in [0.3, 0.4) is 0 Å². The molecule has 0 saturated heterocycles. The molecule has 1 aromatic heterocycles. The summed E-state index contributed by atoms with van der Waals surface area (Å²) in [5.74, 6) is 9.06. The highest BCUT2D eigenvalue weighted by Crippen LogP contribution is 2.31. The highest BCUT2D eigenvalue weighted by molar-refractivity contribution is 6.07. The predicted octanol–water partition coefficient (Wildman–Crippen LogP) is 3.65. The van der Waals surface area contributed by atoms with Crippen LogP contribution in [0.2, 0.25) is 0 Å². The molecule has 2 bridgehead atoms. The van der Waals surface area contributed by atoms with E-state index in [0.29, 0.717) is 47.2 Å². The van der Waals surface area contributed by atoms with Crippen molar-refractivity contribution in [1.29, 1.82) is 0 Å². The Balaban J connectivity index is 0.894. The number of anilines is 1. The van der Waals surface area contributed by atoms with Crippen LogP contribution in [-0.4, -0.2) is 87.6 Å². The van der Waals surface area contributed by atoms with Crippen LogP contribution in [0, 0.1) is 30.6 Å². The molecule has 59 heavy (non-hydrogen) atoms. The van der Waals surface area contributed by atoms with E-state index in [4.69, 9.17) is 9.47 Å². The van der Waals surface area contributed by atoms with E-state index in [-0.39, 0.29) is 43.6 Å². The molecule has 1 aliphatic heterocycles. The van der Waals surface area contributed by atoms with Gasteiger partial charge in [0.1, 0.15) is 11.9 Å². The number of rotatable bonds is 13. The van der Waals surface area contributed by atoms with Crippen LogP contribution in [0.15, 0.2) is 77.1 Å². The maximum atomic E-state index is 13.4. The third kappa shape index (κ3) is 8.56. The highest BCUT2D eigenvalue weighted by Gasteiger charge is 2.43. The average Bonchev–Trinajstić information content (AvgIpc) is 3.53. The summed E-state index contributed by atoms with van der Waals surface area (Å²) >= 11 is 0. The number of carbonyl (C=O) groups excluding carboxylic acids is 4. The van der Waals surface area contributed by atoms with Gasteiger partial charge in [-0.05, 0) is 96.5 Å². The quantitative estimate of drug-likeness (QED) is 0.0750. The number of Topliss-reactive ketones (excluding diaryl/α,β-unsaturated/α-hetero) is 1. The summed E-state index contributed by atoms with van der Waals surface area (Å²) in [4.78, 5) is 85.6. The van der Waals surface area contributed by atoms with E-state index in [1.165, 1.54) is 24.2 Å². The topological polar surface area (TPSA) is 209 Å². The third-order valence-electron chi connectivity index (χ3n) is 10.4. The molecule has 0 saturated carbocycles. The fourth-order valence-electron chi connectivity index (χ4n) is 7.42. The minimum Gasteiger partial charge on any atom is -0.480 e. The van der Waals surface area contributed by atoms with Crippen LogP contribution in [-0.2, 0) is 36.9 Å². The molecule has 3 aromatic carbocycles. The molecule has 0 radical (unpaired) electrons. The SMILES string of the molecule is COC12C#C/C=C\C#CC(OC(=O)NCCNC(=O)CCC(C(=O)O)N3Cc4cc(NCc5ccc6ccc7nc(C)[nH]c(=O)c7c6c5)ccc4C3=O)C(=CCC1)C2=O. The molecule has 3 aliphatic rings. The lowest BCUT2D eigenvalue weighted by Gasteiger charge is -2.31. The largest absolute Gasteiger partial charge is 0.480 e. The molecule has 0 fully saturated rings. The number of alkyl carbamates (subject to hydrolysis) is 1. The molecule has 2 heterocycles. The van der Waals surface area contributed by atoms with Gasteiger partial charge in [0, 0.05) is 56.5 Å². The van der Waals surface area contributed by atoms with Gasteiger partial charge in [0.05, 0.1) is 10.9 Å². The molecule has 15 nitrogen and oxygen atoms in total. The fourth-order valence-corrected chi connectivity index (χ4v) is 7.42. The van der Waals surface area contributed by atoms with Crippen LogP contribution in [0.4, 0.5) is 10.5 Å². The van der Waals surface area contributed by atoms with Gasteiger partial charge >= 0.3 is 12.1 Å². The number of methoxy groups -OCH3 is 1. The Morgan fingerprint density at radius 1 is 1.05 bits per heavy atom. The number of amides is 3. The predicted molar refractivity (Wildman–Crippen MR) is 217 cm³/mol. The number of aromatic amines is 1. The normalized spacial score (nSPS) is 19.0. The van der Waals surface area contributed by atoms with Gasteiger partial charge in [-0.25, -0.2) is 14.6 Å². The Kier molecular flexibility index (Phi) is 11.6. The van der Waals surface area contributed by atoms with Crippen molar-refractivity contribution in [3.8, 4) is 23.7 Å². The number of ether oxygens (including phenoxy) is 2. The summed E-state index contributed by atoms with van der Waals surface area (Å²) in [6.45, 7) is 2.18. The van der Waals surface area contributed by atoms with Crippen molar-refractivity contribution in [2.24, 2.45) is 0 Å². The zero-order valence-electron chi connectivity index (χ0n) is 32.3. The second-order valence-electron chi connectivity index (χ2n) is 14.2. The van der Waals surface area contributed by atoms with E-state index in [1.807, 2.05) is 30.3 Å². The van der Waals surface area contributed by atoms with Crippen molar-refractivity contribution in [2.45, 2.75) is 63.4 Å². The van der Waals surface area contributed by atoms with Crippen molar-refractivity contribution < 1.29 is 38.6 Å². The van der Waals surface area contributed by atoms with E-state index in [9.17, 15) is 33.9 Å². The van der Waals surface area contributed by atoms with Gasteiger partial charge < -0.3 is 40.4 Å². The van der Waals surface area contributed by atoms with E-state index < -0.39 is 47.4 Å². The first kappa shape index (κ1) is 40.0. The second kappa shape index (κ2) is 17.1. The van der Waals surface area contributed by atoms with Gasteiger partial charge in [-0.15, -0.1) is 0 Å². The molecule has 2 aliphatic carbocycles. The molecule has 3 amide bonds. The molecule has 300 valence electrons. The zero-order chi connectivity index (χ0) is 41.7. The van der Waals surface area contributed by atoms with Gasteiger partial charge in [-0.2, -0.15) is 0 Å². The van der Waals surface area contributed by atoms with Crippen LogP contribution in [0.5, 0.6) is 0 Å². The monoisotopic (exact) mass is 796 g/mol. The van der Waals surface area contributed by atoms with Crippen molar-refractivity contribution in [1.82, 2.24) is 25.5 Å². The maximum absolute atomic E-state index is 13.4. The first-order valence-corrected chi connectivity index (χ1v) is 19.0. The minimum absolute atomic E-state index is 0.00358. The number of carbonyl (C=O) groups is 5. The standard InChI is InChI=1S/C44H40N6O9/c1-26-48-34-15-12-28-11-10-27(22-33(28)38(34)40(53)49-26)24-47-30-13-14-31-29(23-30)25-50(41(31)54)35(42(55)56)16-17-37(51)45-20-21-46-43(57)59-36-9-5-3-4-6-18-44(58-2)19-7-8-32(36)39(44)52/h3-4,8,10-15,22-23,35-36,47H,7,16-17,19-21,24-25H2,1-2H3,(H,45,51)(H,46,57)(H,55,56)(H,48,49,53)/b4-3-. The van der Waals surface area contributed by atoms with Crippen molar-refractivity contribution >= 4 is 57.0 Å². The number of aromatic nitrogens is 2. The summed E-state index contributed by atoms with van der Waals surface area (Å²) in [7, 11) is 1.40. The molecule has 3 unspecified atom stereocenters. The number of aryl methyl sites for hydroxylation is 1. The van der Waals surface area contributed by atoms with Gasteiger partial charge in [-0.1, -0.05) is 42.0 Å². The minimum atomic E-state index is -1.36. The Bertz CT molecular complexity index is 2660. The van der Waals surface area contributed by atoms with Crippen LogP contribution in [0.1, 0.15) is 53.0 Å². The lowest BCUT2D eigenvalue weighted by atomic mass is 9.81. The number of nitrogens with one attached hydrogen (secondary N) is 4. The van der Waals surface area contributed by atoms with E-state index in [2.05, 4.69) is 49.6 Å². The zero-order valence-corrected chi connectivity index (χ0v) is 32.3. The Morgan fingerprint density at radius 2 is 1.85 bits per heavy atom. The number of fused-ring (bicyclic) bond motifs is 6. The lowest BCUT2D eigenvalue weighted by Crippen LogP contribution is -2.46. The summed E-state index contributed by atoms with van der Waals surface area (Å²) < 4.78 is 11.0. The van der Waals surface area contributed by atoms with Gasteiger partial charge in [0.25, 0.3) is 11.5 Å². The van der Waals surface area contributed by atoms with E-state index >= 15 is 0 Å². The Morgan fingerprint density at radius 3 is 2.66 bits per heavy atom. The van der Waals surface area contributed by atoms with Crippen molar-refractivity contribution in [2.75, 3.05) is 25.5 Å². The van der Waals surface area contributed by atoms with Gasteiger partial charge in [0.15, 0.2) is 11.7 Å². The number of carboxylic acids is 1. The van der Waals surface area contributed by atoms with Gasteiger partial charge in [-0.3, -0.25) is 19.2 Å². The molecular formula is C44H40N6O9. The number of ketones is 1. The van der Waals surface area contributed by atoms with Crippen molar-refractivity contribution in [3.63, 3.8) is 0 Å². The average molecular weight is 797 g/mol. The molecule has 3 atom stereocenters. The molecule has 15 heteroatoms. The van der Waals surface area contributed by atoms with Crippen molar-refractivity contribution in [3.05, 3.63) is 105 Å². The van der Waals surface area contributed by atoms with Gasteiger partial charge in [0.2, 0.25) is 11.7 Å². The molecule has 4 aromatic rings. The third-order valence-corrected chi connectivity index (χ3v) is 10.4. The second-order valence-corrected chi connectivity index (χ2v) is 14.2. The molecular weight excluding hydrogens is 757 g/mol. The lowest BCUT2D eigenvalue weighted by molar-refractivity contribution is -0.142. The Hall–Kier alpha value is -7.23. The number of H-pyrrole nitrogens is 1. The van der Waals surface area contributed by atoms with Crippen LogP contribution in [0.25, 0.3) is 21.7 Å². The summed E-state index contributed by atoms with van der Waals surface area (Å²) in [6.07, 6.45) is 3.09. The number of hydrogen-bond donors (Lipinski definition) is 5. The number of benzene rings is 3.